The van der Waals surface area contributed by atoms with E-state index in [9.17, 15) is 0 Å². The molecule has 1 rings (SSSR count). The summed E-state index contributed by atoms with van der Waals surface area (Å²) in [7, 11) is 1.57. The summed E-state index contributed by atoms with van der Waals surface area (Å²) in [5, 5.41) is 0. The van der Waals surface area contributed by atoms with E-state index in [4.69, 9.17) is 10.5 Å². The van der Waals surface area contributed by atoms with E-state index in [-0.39, 0.29) is 6.04 Å². The van der Waals surface area contributed by atoms with Gasteiger partial charge in [-0.05, 0) is 22.0 Å². The quantitative estimate of drug-likeness (QED) is 0.826. The van der Waals surface area contributed by atoms with Gasteiger partial charge in [-0.25, -0.2) is 4.98 Å². The molecule has 70 valence electrons. The lowest BCUT2D eigenvalue weighted by molar-refractivity contribution is 0.391. The first-order chi connectivity index (χ1) is 6.19. The average Bonchev–Trinajstić information content (AvgIpc) is 2.16. The van der Waals surface area contributed by atoms with Crippen molar-refractivity contribution >= 4 is 15.9 Å². The van der Waals surface area contributed by atoms with Crippen LogP contribution in [0.3, 0.4) is 0 Å². The summed E-state index contributed by atoms with van der Waals surface area (Å²) in [6.45, 7) is 3.62. The Morgan fingerprint density at radius 2 is 2.46 bits per heavy atom. The predicted molar refractivity (Wildman–Crippen MR) is 55.6 cm³/mol. The van der Waals surface area contributed by atoms with E-state index in [0.717, 1.165) is 10.0 Å². The summed E-state index contributed by atoms with van der Waals surface area (Å²) < 4.78 is 5.94. The average molecular weight is 243 g/mol. The molecule has 1 aromatic heterocycles. The zero-order valence-electron chi connectivity index (χ0n) is 7.33. The van der Waals surface area contributed by atoms with Gasteiger partial charge in [0.05, 0.1) is 13.2 Å². The lowest BCUT2D eigenvalue weighted by atomic mass is 10.1. The number of nitrogens with two attached hydrogens (primary N) is 1. The van der Waals surface area contributed by atoms with Crippen LogP contribution in [0.15, 0.2) is 29.4 Å². The van der Waals surface area contributed by atoms with Crippen LogP contribution in [0.1, 0.15) is 11.6 Å². The molecule has 1 unspecified atom stereocenters. The molecule has 0 spiro atoms. The molecule has 1 aromatic rings. The largest absolute Gasteiger partial charge is 0.481 e. The second-order valence-corrected chi connectivity index (χ2v) is 3.43. The van der Waals surface area contributed by atoms with Crippen molar-refractivity contribution in [2.45, 2.75) is 6.04 Å². The molecular formula is C9H11BrN2O. The van der Waals surface area contributed by atoms with Crippen LogP contribution in [0.4, 0.5) is 0 Å². The summed E-state index contributed by atoms with van der Waals surface area (Å²) >= 11 is 3.32. The Morgan fingerprint density at radius 3 is 3.00 bits per heavy atom. The second-order valence-electron chi connectivity index (χ2n) is 2.51. The van der Waals surface area contributed by atoms with Crippen molar-refractivity contribution in [1.82, 2.24) is 4.98 Å². The lowest BCUT2D eigenvalue weighted by Crippen LogP contribution is -2.09. The normalized spacial score (nSPS) is 12.2. The lowest BCUT2D eigenvalue weighted by Gasteiger charge is -2.10. The van der Waals surface area contributed by atoms with Crippen molar-refractivity contribution in [2.24, 2.45) is 5.73 Å². The van der Waals surface area contributed by atoms with Crippen molar-refractivity contribution in [3.8, 4) is 5.88 Å². The molecule has 0 saturated carbocycles. The third-order valence-corrected chi connectivity index (χ3v) is 2.09. The molecule has 0 aromatic carbocycles. The smallest absolute Gasteiger partial charge is 0.218 e. The summed E-state index contributed by atoms with van der Waals surface area (Å²) in [5.74, 6) is 0.538. The molecular weight excluding hydrogens is 232 g/mol. The van der Waals surface area contributed by atoms with Gasteiger partial charge in [-0.3, -0.25) is 0 Å². The summed E-state index contributed by atoms with van der Waals surface area (Å²) in [4.78, 5) is 4.07. The molecule has 13 heavy (non-hydrogen) atoms. The fraction of sp³-hybridized carbons (Fsp3) is 0.222. The highest BCUT2D eigenvalue weighted by Crippen LogP contribution is 2.24. The first kappa shape index (κ1) is 10.2. The minimum absolute atomic E-state index is 0.250. The number of hydrogen-bond donors (Lipinski definition) is 1. The third kappa shape index (κ3) is 2.29. The Morgan fingerprint density at radius 1 is 1.77 bits per heavy atom. The monoisotopic (exact) mass is 242 g/mol. The SMILES string of the molecule is C=CC(N)c1cc(Br)cnc1OC. The maximum Gasteiger partial charge on any atom is 0.218 e. The van der Waals surface area contributed by atoms with Crippen LogP contribution in [0.5, 0.6) is 5.88 Å². The van der Waals surface area contributed by atoms with Crippen molar-refractivity contribution in [3.05, 3.63) is 35.0 Å². The molecule has 0 amide bonds. The van der Waals surface area contributed by atoms with Gasteiger partial charge in [-0.15, -0.1) is 6.58 Å². The van der Waals surface area contributed by atoms with Gasteiger partial charge in [0.2, 0.25) is 5.88 Å². The molecule has 0 aliphatic heterocycles. The second kappa shape index (κ2) is 4.39. The van der Waals surface area contributed by atoms with Crippen LogP contribution < -0.4 is 10.5 Å². The maximum absolute atomic E-state index is 5.78. The minimum Gasteiger partial charge on any atom is -0.481 e. The number of pyridine rings is 1. The number of hydrogen-bond acceptors (Lipinski definition) is 3. The minimum atomic E-state index is -0.250. The summed E-state index contributed by atoms with van der Waals surface area (Å²) in [5.41, 5.74) is 6.61. The van der Waals surface area contributed by atoms with Crippen molar-refractivity contribution in [1.29, 1.82) is 0 Å². The molecule has 2 N–H and O–H groups in total. The van der Waals surface area contributed by atoms with Gasteiger partial charge < -0.3 is 10.5 Å². The number of aromatic nitrogens is 1. The van der Waals surface area contributed by atoms with E-state index in [1.807, 2.05) is 6.07 Å². The molecule has 1 heterocycles. The third-order valence-electron chi connectivity index (χ3n) is 1.65. The fourth-order valence-corrected chi connectivity index (χ4v) is 1.33. The highest BCUT2D eigenvalue weighted by atomic mass is 79.9. The highest BCUT2D eigenvalue weighted by Gasteiger charge is 2.10. The number of halogens is 1. The van der Waals surface area contributed by atoms with Gasteiger partial charge >= 0.3 is 0 Å². The standard InChI is InChI=1S/C9H11BrN2O/c1-3-8(11)7-4-6(10)5-12-9(7)13-2/h3-5,8H,1,11H2,2H3. The van der Waals surface area contributed by atoms with Crippen LogP contribution in [0, 0.1) is 0 Å². The molecule has 4 heteroatoms. The molecule has 3 nitrogen and oxygen atoms in total. The molecule has 0 aliphatic carbocycles. The fourth-order valence-electron chi connectivity index (χ4n) is 0.979. The van der Waals surface area contributed by atoms with Crippen LogP contribution in [-0.4, -0.2) is 12.1 Å². The van der Waals surface area contributed by atoms with Crippen LogP contribution in [-0.2, 0) is 0 Å². The van der Waals surface area contributed by atoms with Gasteiger partial charge in [0, 0.05) is 16.2 Å². The van der Waals surface area contributed by atoms with Gasteiger partial charge in [0.25, 0.3) is 0 Å². The number of nitrogens with zero attached hydrogens (tertiary/aromatic N) is 1. The van der Waals surface area contributed by atoms with Gasteiger partial charge in [0.15, 0.2) is 0 Å². The Hall–Kier alpha value is -0.870. The molecule has 0 radical (unpaired) electrons. The zero-order valence-corrected chi connectivity index (χ0v) is 8.91. The van der Waals surface area contributed by atoms with Crippen LogP contribution >= 0.6 is 15.9 Å². The maximum atomic E-state index is 5.78. The molecule has 1 atom stereocenters. The van der Waals surface area contributed by atoms with E-state index in [0.29, 0.717) is 5.88 Å². The molecule has 0 saturated heterocycles. The van der Waals surface area contributed by atoms with E-state index in [1.165, 1.54) is 0 Å². The highest BCUT2D eigenvalue weighted by molar-refractivity contribution is 9.10. The Labute approximate surface area is 85.7 Å². The molecule has 0 fully saturated rings. The Balaban J connectivity index is 3.14. The summed E-state index contributed by atoms with van der Waals surface area (Å²) in [6.07, 6.45) is 3.31. The van der Waals surface area contributed by atoms with Crippen molar-refractivity contribution in [2.75, 3.05) is 7.11 Å². The van der Waals surface area contributed by atoms with Crippen molar-refractivity contribution in [3.63, 3.8) is 0 Å². The Kier molecular flexibility index (Phi) is 3.45. The zero-order chi connectivity index (χ0) is 9.84. The van der Waals surface area contributed by atoms with E-state index < -0.39 is 0 Å². The summed E-state index contributed by atoms with van der Waals surface area (Å²) in [6, 6.07) is 1.62. The van der Waals surface area contributed by atoms with Crippen molar-refractivity contribution < 1.29 is 4.74 Å². The number of methoxy groups -OCH3 is 1. The Bertz CT molecular complexity index is 314. The van der Waals surface area contributed by atoms with Gasteiger partial charge in [0.1, 0.15) is 0 Å². The number of ether oxygens (including phenoxy) is 1. The van der Waals surface area contributed by atoms with Gasteiger partial charge in [-0.2, -0.15) is 0 Å². The number of rotatable bonds is 3. The predicted octanol–water partition coefficient (Wildman–Crippen LogP) is 2.04. The van der Waals surface area contributed by atoms with E-state index in [1.54, 1.807) is 19.4 Å². The van der Waals surface area contributed by atoms with E-state index >= 15 is 0 Å². The van der Waals surface area contributed by atoms with Gasteiger partial charge in [-0.1, -0.05) is 6.08 Å². The topological polar surface area (TPSA) is 48.1 Å². The van der Waals surface area contributed by atoms with E-state index in [2.05, 4.69) is 27.5 Å². The molecule has 0 aliphatic rings. The van der Waals surface area contributed by atoms with Crippen LogP contribution in [0.25, 0.3) is 0 Å². The first-order valence-corrected chi connectivity index (χ1v) is 4.56. The first-order valence-electron chi connectivity index (χ1n) is 3.76. The van der Waals surface area contributed by atoms with Crippen LogP contribution in [0.2, 0.25) is 0 Å². The molecule has 0 bridgehead atoms.